The SMILES string of the molecule is O=S(=O)(c1ccccc1)n1c(C2SCCCS2)cc2ccccc21. The molecule has 24 heavy (non-hydrogen) atoms. The minimum absolute atomic E-state index is 0.157. The molecule has 124 valence electrons. The van der Waals surface area contributed by atoms with Gasteiger partial charge in [0.1, 0.15) is 0 Å². The number of aromatic nitrogens is 1. The first-order valence-electron chi connectivity index (χ1n) is 7.82. The summed E-state index contributed by atoms with van der Waals surface area (Å²) < 4.78 is 28.3. The molecular weight excluding hydrogens is 358 g/mol. The Kier molecular flexibility index (Phi) is 4.37. The molecule has 0 spiro atoms. The van der Waals surface area contributed by atoms with Crippen molar-refractivity contribution in [2.45, 2.75) is 15.9 Å². The van der Waals surface area contributed by atoms with Crippen LogP contribution in [0.15, 0.2) is 65.6 Å². The maximum absolute atomic E-state index is 13.3. The summed E-state index contributed by atoms with van der Waals surface area (Å²) in [7, 11) is -3.61. The number of thioether (sulfide) groups is 2. The summed E-state index contributed by atoms with van der Waals surface area (Å²) in [5, 5.41) is 0.971. The first-order chi connectivity index (χ1) is 11.7. The van der Waals surface area contributed by atoms with Crippen LogP contribution >= 0.6 is 23.5 Å². The van der Waals surface area contributed by atoms with Crippen LogP contribution in [0.25, 0.3) is 10.9 Å². The molecule has 6 heteroatoms. The summed E-state index contributed by atoms with van der Waals surface area (Å²) in [6.07, 6.45) is 1.18. The first kappa shape index (κ1) is 16.1. The highest BCUT2D eigenvalue weighted by atomic mass is 32.2. The van der Waals surface area contributed by atoms with Crippen molar-refractivity contribution in [1.82, 2.24) is 3.97 Å². The third-order valence-electron chi connectivity index (χ3n) is 4.04. The number of para-hydroxylation sites is 1. The first-order valence-corrected chi connectivity index (χ1v) is 11.4. The molecule has 0 saturated carbocycles. The van der Waals surface area contributed by atoms with E-state index in [2.05, 4.69) is 0 Å². The maximum Gasteiger partial charge on any atom is 0.268 e. The van der Waals surface area contributed by atoms with Gasteiger partial charge in [0.2, 0.25) is 0 Å². The molecule has 2 aromatic carbocycles. The summed E-state index contributed by atoms with van der Waals surface area (Å²) >= 11 is 3.67. The third kappa shape index (κ3) is 2.76. The van der Waals surface area contributed by atoms with E-state index in [0.29, 0.717) is 4.90 Å². The van der Waals surface area contributed by atoms with Crippen LogP contribution < -0.4 is 0 Å². The van der Waals surface area contributed by atoms with Crippen molar-refractivity contribution in [3.8, 4) is 0 Å². The van der Waals surface area contributed by atoms with Gasteiger partial charge >= 0.3 is 0 Å². The lowest BCUT2D eigenvalue weighted by atomic mass is 10.2. The second-order valence-electron chi connectivity index (χ2n) is 5.64. The number of hydrogen-bond acceptors (Lipinski definition) is 4. The van der Waals surface area contributed by atoms with Gasteiger partial charge in [-0.25, -0.2) is 12.4 Å². The topological polar surface area (TPSA) is 39.1 Å². The molecule has 0 N–H and O–H groups in total. The normalized spacial score (nSPS) is 16.5. The smallest absolute Gasteiger partial charge is 0.236 e. The second kappa shape index (κ2) is 6.50. The molecule has 0 radical (unpaired) electrons. The fourth-order valence-corrected chi connectivity index (χ4v) is 7.53. The van der Waals surface area contributed by atoms with E-state index in [1.54, 1.807) is 28.2 Å². The van der Waals surface area contributed by atoms with E-state index < -0.39 is 10.0 Å². The van der Waals surface area contributed by atoms with E-state index >= 15 is 0 Å². The second-order valence-corrected chi connectivity index (χ2v) is 10.1. The van der Waals surface area contributed by atoms with Crippen LogP contribution in [-0.4, -0.2) is 23.9 Å². The summed E-state index contributed by atoms with van der Waals surface area (Å²) in [4.78, 5) is 0.332. The van der Waals surface area contributed by atoms with Gasteiger partial charge in [-0.15, -0.1) is 23.5 Å². The lowest BCUT2D eigenvalue weighted by molar-refractivity contribution is 0.588. The lowest BCUT2D eigenvalue weighted by Crippen LogP contribution is -2.17. The summed E-state index contributed by atoms with van der Waals surface area (Å²) in [5.74, 6) is 2.15. The Morgan fingerprint density at radius 3 is 2.33 bits per heavy atom. The summed E-state index contributed by atoms with van der Waals surface area (Å²) in [6.45, 7) is 0. The van der Waals surface area contributed by atoms with E-state index in [4.69, 9.17) is 0 Å². The van der Waals surface area contributed by atoms with Crippen LogP contribution in [0.3, 0.4) is 0 Å². The Bertz CT molecular complexity index is 958. The van der Waals surface area contributed by atoms with Crippen molar-refractivity contribution in [1.29, 1.82) is 0 Å². The molecule has 0 unspecified atom stereocenters. The molecule has 0 amide bonds. The summed E-state index contributed by atoms with van der Waals surface area (Å²) in [6, 6.07) is 18.4. The molecule has 1 aliphatic heterocycles. The van der Waals surface area contributed by atoms with Crippen LogP contribution in [0, 0.1) is 0 Å². The molecule has 3 nitrogen and oxygen atoms in total. The van der Waals surface area contributed by atoms with Gasteiger partial charge in [-0.05, 0) is 42.2 Å². The van der Waals surface area contributed by atoms with Gasteiger partial charge in [0.15, 0.2) is 0 Å². The van der Waals surface area contributed by atoms with Gasteiger partial charge in [-0.3, -0.25) is 0 Å². The standard InChI is InChI=1S/C18H17NO2S3/c20-24(21,15-8-2-1-3-9-15)19-16-10-5-4-7-14(16)13-17(19)18-22-11-6-12-23-18/h1-5,7-10,13,18H,6,11-12H2. The highest BCUT2D eigenvalue weighted by Crippen LogP contribution is 2.46. The van der Waals surface area contributed by atoms with Crippen molar-refractivity contribution in [3.63, 3.8) is 0 Å². The van der Waals surface area contributed by atoms with Crippen molar-refractivity contribution in [3.05, 3.63) is 66.4 Å². The fourth-order valence-electron chi connectivity index (χ4n) is 2.94. The molecule has 2 heterocycles. The highest BCUT2D eigenvalue weighted by molar-refractivity contribution is 8.16. The van der Waals surface area contributed by atoms with Gasteiger partial charge < -0.3 is 0 Å². The van der Waals surface area contributed by atoms with Crippen molar-refractivity contribution >= 4 is 44.4 Å². The highest BCUT2D eigenvalue weighted by Gasteiger charge is 2.28. The molecule has 4 rings (SSSR count). The predicted molar refractivity (Wildman–Crippen MR) is 103 cm³/mol. The molecule has 0 aliphatic carbocycles. The molecular formula is C18H17NO2S3. The Labute approximate surface area is 150 Å². The lowest BCUT2D eigenvalue weighted by Gasteiger charge is -2.22. The minimum Gasteiger partial charge on any atom is -0.236 e. The maximum atomic E-state index is 13.3. The summed E-state index contributed by atoms with van der Waals surface area (Å²) in [5.41, 5.74) is 1.62. The van der Waals surface area contributed by atoms with Crippen molar-refractivity contribution < 1.29 is 8.42 Å². The molecule has 1 fully saturated rings. The van der Waals surface area contributed by atoms with Crippen LogP contribution in [0.5, 0.6) is 0 Å². The Balaban J connectivity index is 1.96. The molecule has 0 atom stereocenters. The Hall–Kier alpha value is -1.37. The zero-order valence-electron chi connectivity index (χ0n) is 13.0. The zero-order valence-corrected chi connectivity index (χ0v) is 15.4. The third-order valence-corrected chi connectivity index (χ3v) is 8.75. The number of rotatable bonds is 3. The van der Waals surface area contributed by atoms with Gasteiger partial charge in [0.05, 0.1) is 20.7 Å². The van der Waals surface area contributed by atoms with Gasteiger partial charge in [0.25, 0.3) is 10.0 Å². The van der Waals surface area contributed by atoms with Gasteiger partial charge in [-0.2, -0.15) is 0 Å². The van der Waals surface area contributed by atoms with Gasteiger partial charge in [-0.1, -0.05) is 36.4 Å². The Morgan fingerprint density at radius 1 is 0.917 bits per heavy atom. The van der Waals surface area contributed by atoms with E-state index in [0.717, 1.165) is 28.1 Å². The number of fused-ring (bicyclic) bond motifs is 1. The molecule has 1 saturated heterocycles. The van der Waals surface area contributed by atoms with Gasteiger partial charge in [0, 0.05) is 5.39 Å². The van der Waals surface area contributed by atoms with Crippen molar-refractivity contribution in [2.75, 3.05) is 11.5 Å². The zero-order chi connectivity index (χ0) is 16.6. The number of nitrogens with zero attached hydrogens (tertiary/aromatic N) is 1. The monoisotopic (exact) mass is 375 g/mol. The minimum atomic E-state index is -3.61. The molecule has 0 bridgehead atoms. The largest absolute Gasteiger partial charge is 0.268 e. The average molecular weight is 376 g/mol. The average Bonchev–Trinajstić information content (AvgIpc) is 3.03. The molecule has 1 aromatic heterocycles. The van der Waals surface area contributed by atoms with E-state index in [1.165, 1.54) is 6.42 Å². The predicted octanol–water partition coefficient (Wildman–Crippen LogP) is 4.75. The van der Waals surface area contributed by atoms with Crippen LogP contribution in [0.2, 0.25) is 0 Å². The van der Waals surface area contributed by atoms with E-state index in [9.17, 15) is 8.42 Å². The number of benzene rings is 2. The molecule has 1 aliphatic rings. The Morgan fingerprint density at radius 2 is 1.58 bits per heavy atom. The van der Waals surface area contributed by atoms with Crippen LogP contribution in [0.1, 0.15) is 16.7 Å². The fraction of sp³-hybridized carbons (Fsp3) is 0.222. The van der Waals surface area contributed by atoms with E-state index in [-0.39, 0.29) is 4.58 Å². The van der Waals surface area contributed by atoms with Crippen LogP contribution in [-0.2, 0) is 10.0 Å². The van der Waals surface area contributed by atoms with Crippen molar-refractivity contribution in [2.24, 2.45) is 0 Å². The molecule has 3 aromatic rings. The van der Waals surface area contributed by atoms with Crippen LogP contribution in [0.4, 0.5) is 0 Å². The number of hydrogen-bond donors (Lipinski definition) is 0. The van der Waals surface area contributed by atoms with E-state index in [1.807, 2.05) is 59.9 Å². The quantitative estimate of drug-likeness (QED) is 0.662.